The second-order valence-electron chi connectivity index (χ2n) is 5.43. The molecule has 0 fully saturated rings. The van der Waals surface area contributed by atoms with E-state index in [1.54, 1.807) is 24.3 Å². The van der Waals surface area contributed by atoms with E-state index in [2.05, 4.69) is 5.32 Å². The smallest absolute Gasteiger partial charge is 0.304 e. The van der Waals surface area contributed by atoms with Crippen LogP contribution in [0.5, 0.6) is 5.75 Å². The molecule has 2 N–H and O–H groups in total. The summed E-state index contributed by atoms with van der Waals surface area (Å²) in [7, 11) is 0. The Hall–Kier alpha value is -2.82. The summed E-state index contributed by atoms with van der Waals surface area (Å²) in [6.45, 7) is 2.47. The number of carbonyl (C=O) groups is 2. The molecule has 0 radical (unpaired) electrons. The van der Waals surface area contributed by atoms with Crippen molar-refractivity contribution >= 4 is 17.6 Å². The van der Waals surface area contributed by atoms with Gasteiger partial charge in [0.2, 0.25) is 5.91 Å². The van der Waals surface area contributed by atoms with Crippen molar-refractivity contribution in [1.29, 1.82) is 0 Å². The normalized spacial score (nSPS) is 11.5. The van der Waals surface area contributed by atoms with Crippen LogP contribution in [0.4, 0.5) is 5.69 Å². The van der Waals surface area contributed by atoms with E-state index >= 15 is 0 Å². The molecule has 0 saturated carbocycles. The number of amides is 1. The monoisotopic (exact) mass is 327 g/mol. The minimum atomic E-state index is -0.988. The first-order chi connectivity index (χ1) is 11.6. The first-order valence-electron chi connectivity index (χ1n) is 7.88. The van der Waals surface area contributed by atoms with Crippen LogP contribution >= 0.6 is 0 Å². The predicted octanol–water partition coefficient (Wildman–Crippen LogP) is 3.36. The molecule has 0 spiro atoms. The number of carboxylic acids is 1. The van der Waals surface area contributed by atoms with Crippen molar-refractivity contribution in [2.45, 2.75) is 19.8 Å². The fourth-order valence-electron chi connectivity index (χ4n) is 2.41. The highest BCUT2D eigenvalue weighted by Crippen LogP contribution is 2.19. The Morgan fingerprint density at radius 1 is 1.08 bits per heavy atom. The van der Waals surface area contributed by atoms with Crippen molar-refractivity contribution in [3.8, 4) is 5.75 Å². The number of anilines is 1. The van der Waals surface area contributed by atoms with Crippen LogP contribution in [-0.2, 0) is 16.0 Å². The van der Waals surface area contributed by atoms with E-state index in [1.807, 2.05) is 37.3 Å². The molecule has 2 aromatic carbocycles. The Morgan fingerprint density at radius 3 is 2.33 bits per heavy atom. The molecular weight excluding hydrogens is 306 g/mol. The van der Waals surface area contributed by atoms with E-state index in [-0.39, 0.29) is 12.3 Å². The lowest BCUT2D eigenvalue weighted by molar-refractivity contribution is -0.140. The number of hydrogen-bond donors (Lipinski definition) is 2. The van der Waals surface area contributed by atoms with Gasteiger partial charge >= 0.3 is 5.97 Å². The van der Waals surface area contributed by atoms with Crippen molar-refractivity contribution < 1.29 is 19.4 Å². The summed E-state index contributed by atoms with van der Waals surface area (Å²) in [4.78, 5) is 23.5. The third kappa shape index (κ3) is 5.43. The average Bonchev–Trinajstić information content (AvgIpc) is 2.57. The standard InChI is InChI=1S/C19H21NO4/c1-2-24-17-10-8-16(9-11-17)20-19(23)15(13-18(21)22)12-14-6-4-3-5-7-14/h3-11,15H,2,12-13H2,1H3,(H,20,23)(H,21,22)/t15-/m1/s1. The summed E-state index contributed by atoms with van der Waals surface area (Å²) in [5.41, 5.74) is 1.55. The molecule has 0 aliphatic carbocycles. The van der Waals surface area contributed by atoms with Crippen molar-refractivity contribution in [3.63, 3.8) is 0 Å². The summed E-state index contributed by atoms with van der Waals surface area (Å²) >= 11 is 0. The highest BCUT2D eigenvalue weighted by Gasteiger charge is 2.22. The Labute approximate surface area is 141 Å². The predicted molar refractivity (Wildman–Crippen MR) is 92.1 cm³/mol. The number of rotatable bonds is 8. The lowest BCUT2D eigenvalue weighted by Crippen LogP contribution is -2.27. The summed E-state index contributed by atoms with van der Waals surface area (Å²) in [6.07, 6.45) is 0.174. The molecule has 0 saturated heterocycles. The molecule has 0 aliphatic heterocycles. The maximum Gasteiger partial charge on any atom is 0.304 e. The third-order valence-electron chi connectivity index (χ3n) is 3.55. The van der Waals surface area contributed by atoms with Crippen molar-refractivity contribution in [1.82, 2.24) is 0 Å². The van der Waals surface area contributed by atoms with Gasteiger partial charge in [0.15, 0.2) is 0 Å². The van der Waals surface area contributed by atoms with Gasteiger partial charge in [-0.15, -0.1) is 0 Å². The zero-order valence-electron chi connectivity index (χ0n) is 13.6. The van der Waals surface area contributed by atoms with Gasteiger partial charge in [0, 0.05) is 5.69 Å². The largest absolute Gasteiger partial charge is 0.494 e. The van der Waals surface area contributed by atoms with Crippen LogP contribution in [0.2, 0.25) is 0 Å². The first-order valence-corrected chi connectivity index (χ1v) is 7.88. The summed E-state index contributed by atoms with van der Waals surface area (Å²) in [5, 5.41) is 11.9. The van der Waals surface area contributed by atoms with Crippen LogP contribution in [0, 0.1) is 5.92 Å². The maximum atomic E-state index is 12.5. The van der Waals surface area contributed by atoms with Gasteiger partial charge < -0.3 is 15.2 Å². The molecular formula is C19H21NO4. The number of benzene rings is 2. The van der Waals surface area contributed by atoms with E-state index in [0.717, 1.165) is 11.3 Å². The van der Waals surface area contributed by atoms with Gasteiger partial charge in [0.1, 0.15) is 5.75 Å². The molecule has 2 rings (SSSR count). The molecule has 2 aromatic rings. The fraction of sp³-hybridized carbons (Fsp3) is 0.263. The van der Waals surface area contributed by atoms with Crippen LogP contribution in [0.3, 0.4) is 0 Å². The summed E-state index contributed by atoms with van der Waals surface area (Å²) < 4.78 is 5.35. The first kappa shape index (κ1) is 17.5. The maximum absolute atomic E-state index is 12.5. The number of hydrogen-bond acceptors (Lipinski definition) is 3. The molecule has 5 heteroatoms. The van der Waals surface area contributed by atoms with E-state index in [1.165, 1.54) is 0 Å². The molecule has 0 aliphatic rings. The quantitative estimate of drug-likeness (QED) is 0.779. The average molecular weight is 327 g/mol. The Bertz CT molecular complexity index is 668. The molecule has 1 amide bonds. The van der Waals surface area contributed by atoms with E-state index in [4.69, 9.17) is 9.84 Å². The number of ether oxygens (including phenoxy) is 1. The highest BCUT2D eigenvalue weighted by atomic mass is 16.5. The van der Waals surface area contributed by atoms with Crippen molar-refractivity contribution in [2.24, 2.45) is 5.92 Å². The van der Waals surface area contributed by atoms with Crippen molar-refractivity contribution in [3.05, 3.63) is 60.2 Å². The lowest BCUT2D eigenvalue weighted by atomic mass is 9.95. The van der Waals surface area contributed by atoms with Gasteiger partial charge in [0.25, 0.3) is 0 Å². The van der Waals surface area contributed by atoms with Gasteiger partial charge in [0.05, 0.1) is 18.9 Å². The molecule has 5 nitrogen and oxygen atoms in total. The lowest BCUT2D eigenvalue weighted by Gasteiger charge is -2.15. The SMILES string of the molecule is CCOc1ccc(NC(=O)[C@@H](CC(=O)O)Cc2ccccc2)cc1. The minimum absolute atomic E-state index is 0.211. The highest BCUT2D eigenvalue weighted by molar-refractivity contribution is 5.94. The van der Waals surface area contributed by atoms with Gasteiger partial charge in [-0.2, -0.15) is 0 Å². The second kappa shape index (κ2) is 8.72. The Morgan fingerprint density at radius 2 is 1.75 bits per heavy atom. The van der Waals surface area contributed by atoms with Gasteiger partial charge in [-0.05, 0) is 43.2 Å². The molecule has 0 heterocycles. The number of carboxylic acid groups (broad SMARTS) is 1. The van der Waals surface area contributed by atoms with Gasteiger partial charge in [-0.1, -0.05) is 30.3 Å². The van der Waals surface area contributed by atoms with Gasteiger partial charge in [-0.25, -0.2) is 0 Å². The van der Waals surface area contributed by atoms with Crippen LogP contribution in [0.15, 0.2) is 54.6 Å². The molecule has 24 heavy (non-hydrogen) atoms. The fourth-order valence-corrected chi connectivity index (χ4v) is 2.41. The number of carbonyl (C=O) groups excluding carboxylic acids is 1. The van der Waals surface area contributed by atoms with Crippen molar-refractivity contribution in [2.75, 3.05) is 11.9 Å². The van der Waals surface area contributed by atoms with Crippen LogP contribution in [-0.4, -0.2) is 23.6 Å². The molecule has 0 aromatic heterocycles. The summed E-state index contributed by atoms with van der Waals surface area (Å²) in [6, 6.07) is 16.4. The zero-order chi connectivity index (χ0) is 17.4. The Balaban J connectivity index is 2.05. The van der Waals surface area contributed by atoms with E-state index < -0.39 is 11.9 Å². The van der Waals surface area contributed by atoms with Gasteiger partial charge in [-0.3, -0.25) is 9.59 Å². The summed E-state index contributed by atoms with van der Waals surface area (Å²) in [5.74, 6) is -1.19. The zero-order valence-corrected chi connectivity index (χ0v) is 13.6. The topological polar surface area (TPSA) is 75.6 Å². The third-order valence-corrected chi connectivity index (χ3v) is 3.55. The number of nitrogens with one attached hydrogen (secondary N) is 1. The molecule has 0 unspecified atom stereocenters. The molecule has 0 bridgehead atoms. The number of aliphatic carboxylic acids is 1. The van der Waals surface area contributed by atoms with E-state index in [0.29, 0.717) is 18.7 Å². The Kier molecular flexibility index (Phi) is 6.37. The van der Waals surface area contributed by atoms with E-state index in [9.17, 15) is 9.59 Å². The second-order valence-corrected chi connectivity index (χ2v) is 5.43. The van der Waals surface area contributed by atoms with Crippen LogP contribution < -0.4 is 10.1 Å². The van der Waals surface area contributed by atoms with Crippen LogP contribution in [0.1, 0.15) is 18.9 Å². The van der Waals surface area contributed by atoms with Crippen LogP contribution in [0.25, 0.3) is 0 Å². The molecule has 1 atom stereocenters. The minimum Gasteiger partial charge on any atom is -0.494 e. The molecule has 126 valence electrons.